The van der Waals surface area contributed by atoms with Gasteiger partial charge in [-0.25, -0.2) is 14.0 Å². The lowest BCUT2D eigenvalue weighted by atomic mass is 10.1. The number of benzene rings is 2. The van der Waals surface area contributed by atoms with Gasteiger partial charge in [-0.2, -0.15) is 9.78 Å². The predicted octanol–water partition coefficient (Wildman–Crippen LogP) is 4.68. The molecule has 180 valence electrons. The van der Waals surface area contributed by atoms with Crippen molar-refractivity contribution < 1.29 is 33.3 Å². The molecule has 0 aliphatic rings. The molecule has 8 nitrogen and oxygen atoms in total. The average molecular weight is 470 g/mol. The molecule has 1 N–H and O–H groups in total. The number of ether oxygens (including phenoxy) is 3. The fraction of sp³-hybridized carbons (Fsp3) is 0.320. The monoisotopic (exact) mass is 470 g/mol. The molecule has 1 aromatic heterocycles. The van der Waals surface area contributed by atoms with Crippen molar-refractivity contribution in [3.8, 4) is 5.75 Å². The van der Waals surface area contributed by atoms with E-state index in [0.717, 1.165) is 4.68 Å². The van der Waals surface area contributed by atoms with Crippen molar-refractivity contribution in [3.05, 3.63) is 59.0 Å². The Morgan fingerprint density at radius 3 is 2.44 bits per heavy atom. The highest BCUT2D eigenvalue weighted by Gasteiger charge is 2.26. The number of aliphatic hydroxyl groups is 1. The second-order valence-electron chi connectivity index (χ2n) is 8.29. The minimum Gasteiger partial charge on any atom is -0.489 e. The summed E-state index contributed by atoms with van der Waals surface area (Å²) in [7, 11) is 0. The van der Waals surface area contributed by atoms with Gasteiger partial charge in [0.05, 0.1) is 29.8 Å². The van der Waals surface area contributed by atoms with E-state index in [1.165, 1.54) is 18.2 Å². The molecular weight excluding hydrogens is 443 g/mol. The third kappa shape index (κ3) is 5.79. The molecule has 0 amide bonds. The van der Waals surface area contributed by atoms with E-state index in [0.29, 0.717) is 22.2 Å². The fourth-order valence-corrected chi connectivity index (χ4v) is 3.19. The molecule has 0 aliphatic carbocycles. The van der Waals surface area contributed by atoms with E-state index in [9.17, 15) is 19.1 Å². The highest BCUT2D eigenvalue weighted by Crippen LogP contribution is 2.35. The largest absolute Gasteiger partial charge is 0.489 e. The molecule has 0 saturated heterocycles. The summed E-state index contributed by atoms with van der Waals surface area (Å²) in [5.74, 6) is -0.857. The van der Waals surface area contributed by atoms with E-state index < -0.39 is 17.7 Å². The fourth-order valence-electron chi connectivity index (χ4n) is 3.19. The Labute approximate surface area is 196 Å². The zero-order chi connectivity index (χ0) is 24.9. The van der Waals surface area contributed by atoms with Crippen LogP contribution in [0.5, 0.6) is 5.75 Å². The molecule has 0 saturated carbocycles. The second-order valence-corrected chi connectivity index (χ2v) is 8.29. The lowest BCUT2D eigenvalue weighted by Crippen LogP contribution is -2.27. The summed E-state index contributed by atoms with van der Waals surface area (Å²) in [5, 5.41) is 14.1. The van der Waals surface area contributed by atoms with Gasteiger partial charge >= 0.3 is 12.1 Å². The van der Waals surface area contributed by atoms with Crippen molar-refractivity contribution in [2.75, 3.05) is 19.8 Å². The maximum Gasteiger partial charge on any atom is 0.435 e. The first-order valence-electron chi connectivity index (χ1n) is 10.8. The molecule has 3 aromatic rings. The average Bonchev–Trinajstić information content (AvgIpc) is 3.15. The summed E-state index contributed by atoms with van der Waals surface area (Å²) < 4.78 is 30.7. The van der Waals surface area contributed by atoms with Gasteiger partial charge in [-0.1, -0.05) is 18.2 Å². The van der Waals surface area contributed by atoms with Crippen LogP contribution in [0.15, 0.2) is 36.4 Å². The standard InChI is InChI=1S/C25H27FN2O6/c1-5-32-23(30)18-11-13-20-21(22(18)33-15-14-29)19(12-8-16-6-9-17(26)10-7-16)27-28(20)24(31)34-25(2,3)4/h6-13,29H,5,14-15H2,1-4H3/b12-8+. The maximum atomic E-state index is 13.3. The third-order valence-electron chi connectivity index (χ3n) is 4.53. The number of nitrogens with zero attached hydrogens (tertiary/aromatic N) is 2. The maximum absolute atomic E-state index is 13.3. The molecule has 34 heavy (non-hydrogen) atoms. The van der Waals surface area contributed by atoms with Crippen molar-refractivity contribution in [2.45, 2.75) is 33.3 Å². The minimum atomic E-state index is -0.763. The number of aromatic nitrogens is 2. The number of halogens is 1. The van der Waals surface area contributed by atoms with Gasteiger partial charge in [-0.05, 0) is 63.6 Å². The zero-order valence-electron chi connectivity index (χ0n) is 19.5. The van der Waals surface area contributed by atoms with E-state index in [1.807, 2.05) is 0 Å². The van der Waals surface area contributed by atoms with Crippen molar-refractivity contribution in [1.82, 2.24) is 9.78 Å². The van der Waals surface area contributed by atoms with Crippen molar-refractivity contribution in [3.63, 3.8) is 0 Å². The van der Waals surface area contributed by atoms with E-state index in [1.54, 1.807) is 58.0 Å². The van der Waals surface area contributed by atoms with E-state index in [4.69, 9.17) is 14.2 Å². The first kappa shape index (κ1) is 24.9. The number of carbonyl (C=O) groups excluding carboxylic acids is 2. The van der Waals surface area contributed by atoms with Crippen LogP contribution in [0.2, 0.25) is 0 Å². The van der Waals surface area contributed by atoms with Crippen LogP contribution in [-0.4, -0.2) is 52.4 Å². The lowest BCUT2D eigenvalue weighted by Gasteiger charge is -2.19. The van der Waals surface area contributed by atoms with Crippen LogP contribution in [0.4, 0.5) is 9.18 Å². The molecule has 0 spiro atoms. The lowest BCUT2D eigenvalue weighted by molar-refractivity contribution is 0.0513. The Balaban J connectivity index is 2.23. The minimum absolute atomic E-state index is 0.0930. The van der Waals surface area contributed by atoms with Gasteiger partial charge in [0, 0.05) is 0 Å². The van der Waals surface area contributed by atoms with Crippen molar-refractivity contribution in [2.24, 2.45) is 0 Å². The van der Waals surface area contributed by atoms with Crippen molar-refractivity contribution >= 4 is 35.1 Å². The summed E-state index contributed by atoms with van der Waals surface area (Å²) in [6.07, 6.45) is 2.60. The van der Waals surface area contributed by atoms with Gasteiger partial charge in [0.2, 0.25) is 0 Å². The zero-order valence-corrected chi connectivity index (χ0v) is 19.5. The number of hydrogen-bond donors (Lipinski definition) is 1. The Morgan fingerprint density at radius 2 is 1.82 bits per heavy atom. The summed E-state index contributed by atoms with van der Waals surface area (Å²) in [4.78, 5) is 25.5. The number of carbonyl (C=O) groups is 2. The molecule has 0 atom stereocenters. The smallest absolute Gasteiger partial charge is 0.435 e. The van der Waals surface area contributed by atoms with Crippen LogP contribution in [0, 0.1) is 5.82 Å². The van der Waals surface area contributed by atoms with Gasteiger partial charge in [0.25, 0.3) is 0 Å². The molecule has 0 unspecified atom stereocenters. The number of aliphatic hydroxyl groups excluding tert-OH is 1. The molecule has 0 radical (unpaired) electrons. The molecule has 0 bridgehead atoms. The Kier molecular flexibility index (Phi) is 7.68. The van der Waals surface area contributed by atoms with Gasteiger partial charge in [-0.3, -0.25) is 0 Å². The Hall–Kier alpha value is -3.72. The second kappa shape index (κ2) is 10.5. The summed E-state index contributed by atoms with van der Waals surface area (Å²) in [6, 6.07) is 8.86. The molecule has 1 heterocycles. The number of esters is 1. The molecular formula is C25H27FN2O6. The van der Waals surface area contributed by atoms with Crippen LogP contribution in [-0.2, 0) is 9.47 Å². The summed E-state index contributed by atoms with van der Waals surface area (Å²) in [5.41, 5.74) is 0.711. The van der Waals surface area contributed by atoms with E-state index in [2.05, 4.69) is 5.10 Å². The topological polar surface area (TPSA) is 99.9 Å². The molecule has 0 fully saturated rings. The summed E-state index contributed by atoms with van der Waals surface area (Å²) >= 11 is 0. The van der Waals surface area contributed by atoms with Gasteiger partial charge in [-0.15, -0.1) is 0 Å². The van der Waals surface area contributed by atoms with Crippen LogP contribution in [0.3, 0.4) is 0 Å². The number of hydrogen-bond acceptors (Lipinski definition) is 7. The molecule has 3 rings (SSSR count). The SMILES string of the molecule is CCOC(=O)c1ccc2c(c(/C=C/c3ccc(F)cc3)nn2C(=O)OC(C)(C)C)c1OCCO. The first-order chi connectivity index (χ1) is 16.1. The summed E-state index contributed by atoms with van der Waals surface area (Å²) in [6.45, 7) is 6.67. The normalized spacial score (nSPS) is 11.7. The van der Waals surface area contributed by atoms with Gasteiger partial charge in [0.1, 0.15) is 29.3 Å². The van der Waals surface area contributed by atoms with E-state index in [-0.39, 0.29) is 37.0 Å². The van der Waals surface area contributed by atoms with Gasteiger partial charge in [0.15, 0.2) is 0 Å². The van der Waals surface area contributed by atoms with Crippen molar-refractivity contribution in [1.29, 1.82) is 0 Å². The quantitative estimate of drug-likeness (QED) is 0.501. The number of fused-ring (bicyclic) bond motifs is 1. The Morgan fingerprint density at radius 1 is 1.12 bits per heavy atom. The third-order valence-corrected chi connectivity index (χ3v) is 4.53. The first-order valence-corrected chi connectivity index (χ1v) is 10.8. The highest BCUT2D eigenvalue weighted by atomic mass is 19.1. The highest BCUT2D eigenvalue weighted by molar-refractivity contribution is 6.05. The Bertz CT molecular complexity index is 1210. The molecule has 2 aromatic carbocycles. The molecule has 0 aliphatic heterocycles. The van der Waals surface area contributed by atoms with Crippen LogP contribution in [0.1, 0.15) is 49.3 Å². The van der Waals surface area contributed by atoms with Crippen LogP contribution < -0.4 is 4.74 Å². The van der Waals surface area contributed by atoms with Gasteiger partial charge < -0.3 is 19.3 Å². The van der Waals surface area contributed by atoms with E-state index >= 15 is 0 Å². The predicted molar refractivity (Wildman–Crippen MR) is 125 cm³/mol. The number of rotatable bonds is 7. The molecule has 9 heteroatoms. The van der Waals surface area contributed by atoms with Crippen LogP contribution >= 0.6 is 0 Å². The van der Waals surface area contributed by atoms with Crippen LogP contribution in [0.25, 0.3) is 23.1 Å².